The maximum atomic E-state index is 4.24. The molecule has 16 heavy (non-hydrogen) atoms. The molecule has 0 aliphatic carbocycles. The van der Waals surface area contributed by atoms with E-state index in [1.54, 1.807) is 0 Å². The number of aromatic nitrogens is 3. The highest BCUT2D eigenvalue weighted by atomic mass is 15.4. The summed E-state index contributed by atoms with van der Waals surface area (Å²) in [5, 5.41) is 8.38. The molecule has 1 unspecified atom stereocenters. The summed E-state index contributed by atoms with van der Waals surface area (Å²) in [5.41, 5.74) is 1.12. The van der Waals surface area contributed by atoms with Gasteiger partial charge in [0.2, 0.25) is 0 Å². The Morgan fingerprint density at radius 3 is 2.50 bits per heavy atom. The zero-order valence-corrected chi connectivity index (χ0v) is 10.6. The minimum atomic E-state index is 0.406. The second-order valence-electron chi connectivity index (χ2n) is 5.08. The number of nitrogens with zero attached hydrogens (tertiary/aromatic N) is 4. The van der Waals surface area contributed by atoms with Crippen LogP contribution in [0.2, 0.25) is 0 Å². The molecule has 1 aromatic heterocycles. The summed E-state index contributed by atoms with van der Waals surface area (Å²) in [7, 11) is 0. The molecule has 90 valence electrons. The largest absolute Gasteiger partial charge is 0.300 e. The van der Waals surface area contributed by atoms with Gasteiger partial charge in [0, 0.05) is 24.7 Å². The van der Waals surface area contributed by atoms with Crippen LogP contribution >= 0.6 is 0 Å². The van der Waals surface area contributed by atoms with Crippen LogP contribution in [0.25, 0.3) is 0 Å². The van der Waals surface area contributed by atoms with Crippen LogP contribution < -0.4 is 0 Å². The zero-order valence-electron chi connectivity index (χ0n) is 10.6. The lowest BCUT2D eigenvalue weighted by Crippen LogP contribution is -2.31. The van der Waals surface area contributed by atoms with Gasteiger partial charge in [0.15, 0.2) is 0 Å². The van der Waals surface area contributed by atoms with Gasteiger partial charge in [-0.1, -0.05) is 5.21 Å². The maximum absolute atomic E-state index is 4.24. The highest BCUT2D eigenvalue weighted by Crippen LogP contribution is 2.14. The first-order chi connectivity index (χ1) is 7.66. The minimum Gasteiger partial charge on any atom is -0.300 e. The predicted octanol–water partition coefficient (Wildman–Crippen LogP) is 1.89. The van der Waals surface area contributed by atoms with Gasteiger partial charge in [-0.2, -0.15) is 0 Å². The molecule has 4 nitrogen and oxygen atoms in total. The topological polar surface area (TPSA) is 34.0 Å². The summed E-state index contributed by atoms with van der Waals surface area (Å²) in [4.78, 5) is 2.55. The Hall–Kier alpha value is -0.900. The maximum Gasteiger partial charge on any atom is 0.0842 e. The second kappa shape index (κ2) is 4.95. The highest BCUT2D eigenvalue weighted by molar-refractivity contribution is 4.96. The quantitative estimate of drug-likeness (QED) is 0.780. The lowest BCUT2D eigenvalue weighted by molar-refractivity contribution is 0.256. The van der Waals surface area contributed by atoms with E-state index in [1.807, 2.05) is 4.68 Å². The normalized spacial score (nSPS) is 19.5. The molecule has 4 heteroatoms. The van der Waals surface area contributed by atoms with Gasteiger partial charge < -0.3 is 4.90 Å². The highest BCUT2D eigenvalue weighted by Gasteiger charge is 2.19. The third-order valence-electron chi connectivity index (χ3n) is 3.36. The van der Waals surface area contributed by atoms with E-state index in [9.17, 15) is 0 Å². The SMILES string of the molecule is CC(Cc1cn(C(C)C)nn1)N1CCCC1. The third-order valence-corrected chi connectivity index (χ3v) is 3.36. The number of hydrogen-bond acceptors (Lipinski definition) is 3. The number of hydrogen-bond donors (Lipinski definition) is 0. The van der Waals surface area contributed by atoms with Gasteiger partial charge in [-0.05, 0) is 46.7 Å². The van der Waals surface area contributed by atoms with Crippen molar-refractivity contribution in [2.24, 2.45) is 0 Å². The van der Waals surface area contributed by atoms with Crippen molar-refractivity contribution in [2.45, 2.75) is 52.1 Å². The van der Waals surface area contributed by atoms with Gasteiger partial charge in [-0.25, -0.2) is 4.68 Å². The van der Waals surface area contributed by atoms with E-state index in [1.165, 1.54) is 25.9 Å². The Balaban J connectivity index is 1.92. The van der Waals surface area contributed by atoms with Crippen LogP contribution in [-0.2, 0) is 6.42 Å². The molecule has 1 atom stereocenters. The molecule has 0 N–H and O–H groups in total. The van der Waals surface area contributed by atoms with Crippen molar-refractivity contribution in [3.05, 3.63) is 11.9 Å². The first-order valence-corrected chi connectivity index (χ1v) is 6.31. The van der Waals surface area contributed by atoms with E-state index in [0.717, 1.165) is 12.1 Å². The van der Waals surface area contributed by atoms with Crippen LogP contribution in [0.1, 0.15) is 45.3 Å². The standard InChI is InChI=1S/C12H22N4/c1-10(2)16-9-12(13-14-16)8-11(3)15-6-4-5-7-15/h9-11H,4-8H2,1-3H3. The molecule has 2 heterocycles. The van der Waals surface area contributed by atoms with E-state index in [4.69, 9.17) is 0 Å². The Morgan fingerprint density at radius 1 is 1.25 bits per heavy atom. The molecule has 0 radical (unpaired) electrons. The van der Waals surface area contributed by atoms with Crippen LogP contribution in [0.5, 0.6) is 0 Å². The summed E-state index contributed by atoms with van der Waals surface area (Å²) in [6.45, 7) is 9.05. The van der Waals surface area contributed by atoms with Crippen molar-refractivity contribution in [1.82, 2.24) is 19.9 Å². The van der Waals surface area contributed by atoms with Crippen LogP contribution in [0.15, 0.2) is 6.20 Å². The molecule has 0 amide bonds. The molecule has 1 aromatic rings. The molecular weight excluding hydrogens is 200 g/mol. The molecule has 1 aliphatic heterocycles. The smallest absolute Gasteiger partial charge is 0.0842 e. The number of likely N-dealkylation sites (tertiary alicyclic amines) is 1. The van der Waals surface area contributed by atoms with E-state index < -0.39 is 0 Å². The van der Waals surface area contributed by atoms with Crippen molar-refractivity contribution in [3.63, 3.8) is 0 Å². The fourth-order valence-electron chi connectivity index (χ4n) is 2.27. The summed E-state index contributed by atoms with van der Waals surface area (Å²) in [6.07, 6.45) is 5.80. The van der Waals surface area contributed by atoms with Gasteiger partial charge in [-0.15, -0.1) is 5.10 Å². The van der Waals surface area contributed by atoms with Gasteiger partial charge in [0.1, 0.15) is 0 Å². The van der Waals surface area contributed by atoms with E-state index >= 15 is 0 Å². The Bertz CT molecular complexity index is 326. The predicted molar refractivity (Wildman–Crippen MR) is 64.4 cm³/mol. The molecule has 0 spiro atoms. The van der Waals surface area contributed by atoms with E-state index in [-0.39, 0.29) is 0 Å². The summed E-state index contributed by atoms with van der Waals surface area (Å²) in [6, 6.07) is 1.00. The Morgan fingerprint density at radius 2 is 1.94 bits per heavy atom. The molecule has 1 saturated heterocycles. The molecule has 2 rings (SSSR count). The van der Waals surface area contributed by atoms with Crippen molar-refractivity contribution in [1.29, 1.82) is 0 Å². The number of rotatable bonds is 4. The second-order valence-corrected chi connectivity index (χ2v) is 5.08. The Kier molecular flexibility index (Phi) is 3.59. The van der Waals surface area contributed by atoms with Gasteiger partial charge >= 0.3 is 0 Å². The molecule has 1 fully saturated rings. The molecule has 0 bridgehead atoms. The molecule has 0 saturated carbocycles. The van der Waals surface area contributed by atoms with Gasteiger partial charge in [-0.3, -0.25) is 0 Å². The fraction of sp³-hybridized carbons (Fsp3) is 0.833. The average Bonchev–Trinajstić information content (AvgIpc) is 2.87. The van der Waals surface area contributed by atoms with Crippen LogP contribution in [0.3, 0.4) is 0 Å². The van der Waals surface area contributed by atoms with Gasteiger partial charge in [0.25, 0.3) is 0 Å². The van der Waals surface area contributed by atoms with Crippen molar-refractivity contribution in [2.75, 3.05) is 13.1 Å². The van der Waals surface area contributed by atoms with E-state index in [0.29, 0.717) is 12.1 Å². The van der Waals surface area contributed by atoms with E-state index in [2.05, 4.69) is 42.2 Å². The van der Waals surface area contributed by atoms with Crippen LogP contribution in [0, 0.1) is 0 Å². The zero-order chi connectivity index (χ0) is 11.5. The lowest BCUT2D eigenvalue weighted by atomic mass is 10.2. The third kappa shape index (κ3) is 2.61. The lowest BCUT2D eigenvalue weighted by Gasteiger charge is -2.22. The van der Waals surface area contributed by atoms with Crippen molar-refractivity contribution < 1.29 is 0 Å². The van der Waals surface area contributed by atoms with Crippen LogP contribution in [-0.4, -0.2) is 39.0 Å². The summed E-state index contributed by atoms with van der Waals surface area (Å²) in [5.74, 6) is 0. The van der Waals surface area contributed by atoms with Crippen molar-refractivity contribution in [3.8, 4) is 0 Å². The summed E-state index contributed by atoms with van der Waals surface area (Å²) < 4.78 is 1.94. The molecular formula is C12H22N4. The fourth-order valence-corrected chi connectivity index (χ4v) is 2.27. The van der Waals surface area contributed by atoms with Gasteiger partial charge in [0.05, 0.1) is 5.69 Å². The van der Waals surface area contributed by atoms with Crippen molar-refractivity contribution >= 4 is 0 Å². The minimum absolute atomic E-state index is 0.406. The monoisotopic (exact) mass is 222 g/mol. The molecule has 0 aromatic carbocycles. The first-order valence-electron chi connectivity index (χ1n) is 6.31. The first kappa shape index (κ1) is 11.6. The Labute approximate surface area is 97.6 Å². The summed E-state index contributed by atoms with van der Waals surface area (Å²) >= 11 is 0. The average molecular weight is 222 g/mol. The molecule has 1 aliphatic rings. The van der Waals surface area contributed by atoms with Crippen LogP contribution in [0.4, 0.5) is 0 Å².